The van der Waals surface area contributed by atoms with E-state index in [0.29, 0.717) is 5.92 Å². The second-order valence-corrected chi connectivity index (χ2v) is 6.18. The number of hydrogen-bond donors (Lipinski definition) is 2. The Balaban J connectivity index is 2.45. The van der Waals surface area contributed by atoms with Gasteiger partial charge in [-0.15, -0.1) is 0 Å². The molecule has 0 aliphatic heterocycles. The van der Waals surface area contributed by atoms with Gasteiger partial charge in [0.1, 0.15) is 5.75 Å². The molecule has 1 aromatic carbocycles. The van der Waals surface area contributed by atoms with Gasteiger partial charge in [-0.2, -0.15) is 11.8 Å². The van der Waals surface area contributed by atoms with Crippen molar-refractivity contribution in [2.24, 2.45) is 10.9 Å². The molecular formula is C16H27N3OS. The van der Waals surface area contributed by atoms with Gasteiger partial charge >= 0.3 is 0 Å². The number of rotatable bonds is 8. The van der Waals surface area contributed by atoms with Crippen molar-refractivity contribution in [2.75, 3.05) is 32.2 Å². The van der Waals surface area contributed by atoms with Crippen LogP contribution >= 0.6 is 11.8 Å². The maximum absolute atomic E-state index is 5.74. The summed E-state index contributed by atoms with van der Waals surface area (Å²) >= 11 is 1.82. The van der Waals surface area contributed by atoms with Gasteiger partial charge in [-0.3, -0.25) is 4.99 Å². The molecule has 0 aliphatic carbocycles. The average molecular weight is 309 g/mol. The van der Waals surface area contributed by atoms with Crippen LogP contribution < -0.4 is 15.4 Å². The number of nitrogens with one attached hydrogen (secondary N) is 2. The van der Waals surface area contributed by atoms with Gasteiger partial charge in [0.15, 0.2) is 5.96 Å². The molecule has 4 nitrogen and oxygen atoms in total. The Kier molecular flexibility index (Phi) is 8.74. The SMILES string of the molecule is CN=C(NCCSC)NCc1cccc(OCC(C)C)c1. The van der Waals surface area contributed by atoms with Gasteiger partial charge in [0.05, 0.1) is 6.61 Å². The third-order valence-corrected chi connectivity index (χ3v) is 3.38. The molecule has 0 spiro atoms. The van der Waals surface area contributed by atoms with Gasteiger partial charge in [0.25, 0.3) is 0 Å². The minimum Gasteiger partial charge on any atom is -0.493 e. The van der Waals surface area contributed by atoms with Crippen LogP contribution in [-0.2, 0) is 6.54 Å². The third kappa shape index (κ3) is 7.85. The van der Waals surface area contributed by atoms with Crippen molar-refractivity contribution < 1.29 is 4.74 Å². The molecule has 1 aromatic rings. The summed E-state index contributed by atoms with van der Waals surface area (Å²) in [4.78, 5) is 4.21. The van der Waals surface area contributed by atoms with E-state index in [1.54, 1.807) is 7.05 Å². The van der Waals surface area contributed by atoms with Crippen molar-refractivity contribution in [3.8, 4) is 5.75 Å². The van der Waals surface area contributed by atoms with Crippen molar-refractivity contribution in [3.63, 3.8) is 0 Å². The lowest BCUT2D eigenvalue weighted by Gasteiger charge is -2.13. The molecule has 1 rings (SSSR count). The van der Waals surface area contributed by atoms with E-state index >= 15 is 0 Å². The smallest absolute Gasteiger partial charge is 0.191 e. The summed E-state index contributed by atoms with van der Waals surface area (Å²) < 4.78 is 5.74. The molecule has 0 saturated heterocycles. The summed E-state index contributed by atoms with van der Waals surface area (Å²) in [7, 11) is 1.79. The third-order valence-electron chi connectivity index (χ3n) is 2.76. The number of ether oxygens (including phenoxy) is 1. The zero-order chi connectivity index (χ0) is 15.5. The molecule has 0 atom stereocenters. The number of nitrogens with zero attached hydrogens (tertiary/aromatic N) is 1. The largest absolute Gasteiger partial charge is 0.493 e. The summed E-state index contributed by atoms with van der Waals surface area (Å²) in [5.41, 5.74) is 1.18. The van der Waals surface area contributed by atoms with Crippen LogP contribution in [0.3, 0.4) is 0 Å². The number of guanidine groups is 1. The minimum atomic E-state index is 0.534. The van der Waals surface area contributed by atoms with Gasteiger partial charge in [-0.1, -0.05) is 26.0 Å². The molecule has 0 amide bonds. The van der Waals surface area contributed by atoms with Crippen molar-refractivity contribution in [3.05, 3.63) is 29.8 Å². The Bertz CT molecular complexity index is 435. The van der Waals surface area contributed by atoms with E-state index in [2.05, 4.69) is 47.9 Å². The van der Waals surface area contributed by atoms with Gasteiger partial charge < -0.3 is 15.4 Å². The van der Waals surface area contributed by atoms with Crippen LogP contribution in [0, 0.1) is 5.92 Å². The second kappa shape index (κ2) is 10.4. The Morgan fingerprint density at radius 2 is 2.14 bits per heavy atom. The average Bonchev–Trinajstić information content (AvgIpc) is 2.49. The first-order valence-electron chi connectivity index (χ1n) is 7.31. The second-order valence-electron chi connectivity index (χ2n) is 5.20. The van der Waals surface area contributed by atoms with E-state index in [0.717, 1.165) is 37.2 Å². The fourth-order valence-electron chi connectivity index (χ4n) is 1.69. The fourth-order valence-corrected chi connectivity index (χ4v) is 1.99. The Labute approximate surface area is 132 Å². The van der Waals surface area contributed by atoms with Crippen LogP contribution in [0.4, 0.5) is 0 Å². The molecule has 2 N–H and O–H groups in total. The van der Waals surface area contributed by atoms with E-state index in [1.807, 2.05) is 23.9 Å². The molecule has 118 valence electrons. The first kappa shape index (κ1) is 17.7. The Morgan fingerprint density at radius 3 is 2.81 bits per heavy atom. The highest BCUT2D eigenvalue weighted by atomic mass is 32.2. The maximum Gasteiger partial charge on any atom is 0.191 e. The Hall–Kier alpha value is -1.36. The van der Waals surface area contributed by atoms with E-state index in [1.165, 1.54) is 5.56 Å². The number of benzene rings is 1. The van der Waals surface area contributed by atoms with Gasteiger partial charge in [0.2, 0.25) is 0 Å². The summed E-state index contributed by atoms with van der Waals surface area (Å²) in [6.45, 7) is 6.69. The van der Waals surface area contributed by atoms with Crippen molar-refractivity contribution in [1.82, 2.24) is 10.6 Å². The molecule has 5 heteroatoms. The molecule has 0 unspecified atom stereocenters. The normalized spacial score (nSPS) is 11.6. The number of aliphatic imine (C=N–C) groups is 1. The molecule has 21 heavy (non-hydrogen) atoms. The zero-order valence-corrected chi connectivity index (χ0v) is 14.3. The fraction of sp³-hybridized carbons (Fsp3) is 0.562. The van der Waals surface area contributed by atoms with Crippen molar-refractivity contribution >= 4 is 17.7 Å². The molecule has 0 aromatic heterocycles. The topological polar surface area (TPSA) is 45.7 Å². The minimum absolute atomic E-state index is 0.534. The van der Waals surface area contributed by atoms with E-state index < -0.39 is 0 Å². The first-order chi connectivity index (χ1) is 10.2. The maximum atomic E-state index is 5.74. The van der Waals surface area contributed by atoms with Gasteiger partial charge in [-0.05, 0) is 29.9 Å². The first-order valence-corrected chi connectivity index (χ1v) is 8.70. The molecular weight excluding hydrogens is 282 g/mol. The molecule has 0 fully saturated rings. The summed E-state index contributed by atoms with van der Waals surface area (Å²) in [5, 5.41) is 6.59. The molecule has 0 radical (unpaired) electrons. The van der Waals surface area contributed by atoms with E-state index in [-0.39, 0.29) is 0 Å². The monoisotopic (exact) mass is 309 g/mol. The van der Waals surface area contributed by atoms with Crippen LogP contribution in [0.5, 0.6) is 5.75 Å². The molecule has 0 aliphatic rings. The highest BCUT2D eigenvalue weighted by Crippen LogP contribution is 2.14. The summed E-state index contributed by atoms with van der Waals surface area (Å²) in [5.74, 6) is 3.36. The molecule has 0 bridgehead atoms. The number of thioether (sulfide) groups is 1. The molecule has 0 saturated carbocycles. The van der Waals surface area contributed by atoms with Crippen LogP contribution in [0.2, 0.25) is 0 Å². The van der Waals surface area contributed by atoms with Gasteiger partial charge in [-0.25, -0.2) is 0 Å². The van der Waals surface area contributed by atoms with Crippen LogP contribution in [0.25, 0.3) is 0 Å². The van der Waals surface area contributed by atoms with Crippen LogP contribution in [0.1, 0.15) is 19.4 Å². The summed E-state index contributed by atoms with van der Waals surface area (Å²) in [6.07, 6.45) is 2.10. The summed E-state index contributed by atoms with van der Waals surface area (Å²) in [6, 6.07) is 8.18. The highest BCUT2D eigenvalue weighted by Gasteiger charge is 2.01. The van der Waals surface area contributed by atoms with Crippen molar-refractivity contribution in [1.29, 1.82) is 0 Å². The van der Waals surface area contributed by atoms with Crippen LogP contribution in [-0.4, -0.2) is 38.2 Å². The van der Waals surface area contributed by atoms with E-state index in [9.17, 15) is 0 Å². The van der Waals surface area contributed by atoms with Crippen molar-refractivity contribution in [2.45, 2.75) is 20.4 Å². The predicted molar refractivity (Wildman–Crippen MR) is 93.4 cm³/mol. The lowest BCUT2D eigenvalue weighted by atomic mass is 10.2. The Morgan fingerprint density at radius 1 is 1.33 bits per heavy atom. The predicted octanol–water partition coefficient (Wildman–Crippen LogP) is 2.75. The molecule has 0 heterocycles. The van der Waals surface area contributed by atoms with Crippen LogP contribution in [0.15, 0.2) is 29.3 Å². The zero-order valence-electron chi connectivity index (χ0n) is 13.5. The van der Waals surface area contributed by atoms with Gasteiger partial charge in [0, 0.05) is 25.9 Å². The quantitative estimate of drug-likeness (QED) is 0.440. The van der Waals surface area contributed by atoms with E-state index in [4.69, 9.17) is 4.74 Å². The lowest BCUT2D eigenvalue weighted by Crippen LogP contribution is -2.37. The highest BCUT2D eigenvalue weighted by molar-refractivity contribution is 7.98. The lowest BCUT2D eigenvalue weighted by molar-refractivity contribution is 0.271. The number of hydrogen-bond acceptors (Lipinski definition) is 3. The standard InChI is InChI=1S/C16H27N3OS/c1-13(2)12-20-15-7-5-6-14(10-15)11-19-16(17-3)18-8-9-21-4/h5-7,10,13H,8-9,11-12H2,1-4H3,(H2,17,18,19).